The summed E-state index contributed by atoms with van der Waals surface area (Å²) in [5, 5.41) is 41.9. The van der Waals surface area contributed by atoms with Gasteiger partial charge in [0, 0.05) is 18.1 Å². The maximum absolute atomic E-state index is 12.9. The Kier molecular flexibility index (Phi) is 5.65. The van der Waals surface area contributed by atoms with E-state index in [1.54, 1.807) is 19.1 Å². The van der Waals surface area contributed by atoms with Gasteiger partial charge in [-0.15, -0.1) is 0 Å². The van der Waals surface area contributed by atoms with E-state index in [0.29, 0.717) is 29.7 Å². The van der Waals surface area contributed by atoms with Gasteiger partial charge in [0.15, 0.2) is 12.2 Å². The van der Waals surface area contributed by atoms with Crippen molar-refractivity contribution in [2.45, 2.75) is 63.9 Å². The van der Waals surface area contributed by atoms with Crippen LogP contribution in [0.25, 0.3) is 0 Å². The number of phenolic OH excluding ortho intramolecular Hbond substituents is 2. The summed E-state index contributed by atoms with van der Waals surface area (Å²) in [5.74, 6) is -0.420. The van der Waals surface area contributed by atoms with Crippen LogP contribution in [-0.4, -0.2) is 44.0 Å². The Morgan fingerprint density at radius 3 is 2.50 bits per heavy atom. The zero-order valence-corrected chi connectivity index (χ0v) is 18.3. The molecule has 2 aliphatic rings. The van der Waals surface area contributed by atoms with E-state index in [-0.39, 0.29) is 29.2 Å². The van der Waals surface area contributed by atoms with E-state index in [0.717, 1.165) is 0 Å². The van der Waals surface area contributed by atoms with E-state index >= 15 is 0 Å². The van der Waals surface area contributed by atoms with Crippen LogP contribution in [-0.2, 0) is 6.42 Å². The lowest BCUT2D eigenvalue weighted by Crippen LogP contribution is -2.42. The normalized spacial score (nSPS) is 23.4. The highest BCUT2D eigenvalue weighted by Gasteiger charge is 2.44. The Labute approximate surface area is 186 Å². The number of ether oxygens (including phenoxy) is 2. The largest absolute Gasteiger partial charge is 0.508 e. The Morgan fingerprint density at radius 1 is 1.16 bits per heavy atom. The molecule has 0 radical (unpaired) electrons. The zero-order chi connectivity index (χ0) is 23.2. The van der Waals surface area contributed by atoms with E-state index in [4.69, 9.17) is 9.47 Å². The van der Waals surface area contributed by atoms with Crippen molar-refractivity contribution in [3.63, 3.8) is 0 Å². The van der Waals surface area contributed by atoms with Crippen molar-refractivity contribution in [3.05, 3.63) is 58.7 Å². The first-order valence-electron chi connectivity index (χ1n) is 10.7. The molecule has 7 nitrogen and oxygen atoms in total. The summed E-state index contributed by atoms with van der Waals surface area (Å²) in [6, 6.07) is 7.54. The average molecular weight is 440 g/mol. The van der Waals surface area contributed by atoms with Gasteiger partial charge in [-0.05, 0) is 51.3 Å². The molecule has 4 N–H and O–H groups in total. The molecule has 0 bridgehead atoms. The van der Waals surface area contributed by atoms with Crippen LogP contribution in [0, 0.1) is 0 Å². The van der Waals surface area contributed by atoms with E-state index in [1.807, 2.05) is 19.9 Å². The van der Waals surface area contributed by atoms with E-state index < -0.39 is 29.7 Å². The van der Waals surface area contributed by atoms with E-state index in [1.165, 1.54) is 23.8 Å². The molecular weight excluding hydrogens is 412 g/mol. The monoisotopic (exact) mass is 440 g/mol. The number of fused-ring (bicyclic) bond motifs is 2. The molecular formula is C25H28O7. The maximum atomic E-state index is 12.9. The summed E-state index contributed by atoms with van der Waals surface area (Å²) in [7, 11) is 0. The first-order valence-corrected chi connectivity index (χ1v) is 10.7. The second-order valence-electron chi connectivity index (χ2n) is 9.00. The van der Waals surface area contributed by atoms with Crippen LogP contribution in [0.2, 0.25) is 0 Å². The third-order valence-corrected chi connectivity index (χ3v) is 6.16. The van der Waals surface area contributed by atoms with Gasteiger partial charge in [-0.1, -0.05) is 23.8 Å². The van der Waals surface area contributed by atoms with E-state index in [2.05, 4.69) is 0 Å². The number of aromatic hydroxyl groups is 2. The highest BCUT2D eigenvalue weighted by Crippen LogP contribution is 2.49. The molecule has 0 aliphatic carbocycles. The topological polar surface area (TPSA) is 116 Å². The molecule has 32 heavy (non-hydrogen) atoms. The van der Waals surface area contributed by atoms with Crippen molar-refractivity contribution in [1.29, 1.82) is 0 Å². The number of carbonyl (C=O) groups is 1. The molecule has 0 saturated carbocycles. The summed E-state index contributed by atoms with van der Waals surface area (Å²) in [6.07, 6.45) is 0.361. The fourth-order valence-corrected chi connectivity index (χ4v) is 4.24. The van der Waals surface area contributed by atoms with Crippen LogP contribution < -0.4 is 9.47 Å². The number of aliphatic hydroxyl groups excluding tert-OH is 1. The van der Waals surface area contributed by atoms with Crippen molar-refractivity contribution in [2.24, 2.45) is 0 Å². The Bertz CT molecular complexity index is 1060. The van der Waals surface area contributed by atoms with Gasteiger partial charge in [-0.25, -0.2) is 0 Å². The predicted octanol–water partition coefficient (Wildman–Crippen LogP) is 3.58. The number of Topliss-reactive ketones (excluding diaryl/α,β-unsaturated/α-hetero) is 1. The third kappa shape index (κ3) is 3.94. The molecule has 0 amide bonds. The highest BCUT2D eigenvalue weighted by molar-refractivity contribution is 6.06. The predicted molar refractivity (Wildman–Crippen MR) is 117 cm³/mol. The minimum absolute atomic E-state index is 0.0531. The number of carbonyl (C=O) groups excluding carboxylic acids is 1. The number of hydrogen-bond donors (Lipinski definition) is 4. The molecule has 7 heteroatoms. The molecule has 2 heterocycles. The van der Waals surface area contributed by atoms with Crippen molar-refractivity contribution in [2.75, 3.05) is 0 Å². The zero-order valence-electron chi connectivity index (χ0n) is 18.3. The van der Waals surface area contributed by atoms with Crippen LogP contribution in [0.3, 0.4) is 0 Å². The molecule has 0 fully saturated rings. The second-order valence-corrected chi connectivity index (χ2v) is 9.00. The Hall–Kier alpha value is -3.03. The average Bonchev–Trinajstić information content (AvgIpc) is 3.16. The molecule has 0 spiro atoms. The highest BCUT2D eigenvalue weighted by atomic mass is 16.5. The summed E-state index contributed by atoms with van der Waals surface area (Å²) in [5.41, 5.74) is 0.870. The van der Waals surface area contributed by atoms with Gasteiger partial charge >= 0.3 is 0 Å². The molecule has 4 rings (SSSR count). The first kappa shape index (κ1) is 22.2. The number of hydrogen-bond acceptors (Lipinski definition) is 7. The smallest absolute Gasteiger partial charge is 0.202 e. The van der Waals surface area contributed by atoms with Gasteiger partial charge in [-0.3, -0.25) is 4.79 Å². The van der Waals surface area contributed by atoms with E-state index in [9.17, 15) is 25.2 Å². The lowest BCUT2D eigenvalue weighted by atomic mass is 9.88. The molecule has 4 atom stereocenters. The van der Waals surface area contributed by atoms with Gasteiger partial charge < -0.3 is 29.9 Å². The number of rotatable bonds is 5. The van der Waals surface area contributed by atoms with Crippen molar-refractivity contribution in [1.82, 2.24) is 0 Å². The van der Waals surface area contributed by atoms with Crippen LogP contribution in [0.15, 0.2) is 42.0 Å². The number of allylic oxidation sites excluding steroid dienone is 2. The third-order valence-electron chi connectivity index (χ3n) is 6.16. The van der Waals surface area contributed by atoms with Crippen molar-refractivity contribution < 1.29 is 34.7 Å². The van der Waals surface area contributed by atoms with Crippen LogP contribution in [0.5, 0.6) is 23.0 Å². The molecule has 2 aromatic rings. The van der Waals surface area contributed by atoms with Gasteiger partial charge in [-0.2, -0.15) is 0 Å². The lowest BCUT2D eigenvalue weighted by Gasteiger charge is -2.30. The van der Waals surface area contributed by atoms with Crippen molar-refractivity contribution in [3.8, 4) is 23.0 Å². The fourth-order valence-electron chi connectivity index (χ4n) is 4.24. The molecule has 0 saturated heterocycles. The Balaban J connectivity index is 1.62. The van der Waals surface area contributed by atoms with Crippen LogP contribution >= 0.6 is 0 Å². The minimum Gasteiger partial charge on any atom is -0.508 e. The summed E-state index contributed by atoms with van der Waals surface area (Å²) in [6.45, 7) is 5.69. The molecule has 170 valence electrons. The quantitative estimate of drug-likeness (QED) is 0.525. The fraction of sp³-hybridized carbons (Fsp3) is 0.400. The summed E-state index contributed by atoms with van der Waals surface area (Å²) < 4.78 is 11.9. The molecule has 2 aromatic carbocycles. The lowest BCUT2D eigenvalue weighted by molar-refractivity contribution is -0.0434. The number of phenols is 2. The SMILES string of the molecule is CC(C)=CCC[C@](C)(O)[C@H]1Cc2c(cc3c(c2O)C(=O)[C@H](O)[C@@H](c2ccc(O)cc2)O3)O1. The van der Waals surface area contributed by atoms with Gasteiger partial charge in [0.25, 0.3) is 0 Å². The number of ketones is 1. The minimum atomic E-state index is -1.51. The first-order chi connectivity index (χ1) is 15.1. The summed E-state index contributed by atoms with van der Waals surface area (Å²) in [4.78, 5) is 12.9. The van der Waals surface area contributed by atoms with Crippen LogP contribution in [0.4, 0.5) is 0 Å². The van der Waals surface area contributed by atoms with Gasteiger partial charge in [0.2, 0.25) is 5.78 Å². The standard InChI is InChI=1S/C25H28O7/c1-13(2)5-4-10-25(3,30)19-11-16-17(31-19)12-18-20(21(16)27)22(28)23(29)24(32-18)14-6-8-15(26)9-7-14/h5-9,12,19,23-24,26-27,29-30H,4,10-11H2,1-3H3/t19-,23+,24-,25+/m1/s1. The second kappa shape index (κ2) is 8.15. The summed E-state index contributed by atoms with van der Waals surface area (Å²) >= 11 is 0. The maximum Gasteiger partial charge on any atom is 0.202 e. The van der Waals surface area contributed by atoms with Crippen LogP contribution in [0.1, 0.15) is 61.2 Å². The number of benzene rings is 2. The van der Waals surface area contributed by atoms with Gasteiger partial charge in [0.1, 0.15) is 34.7 Å². The van der Waals surface area contributed by atoms with Crippen molar-refractivity contribution >= 4 is 5.78 Å². The molecule has 0 aromatic heterocycles. The Morgan fingerprint density at radius 2 is 1.84 bits per heavy atom. The van der Waals surface area contributed by atoms with Gasteiger partial charge in [0.05, 0.1) is 5.60 Å². The molecule has 2 aliphatic heterocycles. The molecule has 0 unspecified atom stereocenters. The number of aliphatic hydroxyl groups is 2.